The van der Waals surface area contributed by atoms with Crippen molar-refractivity contribution in [3.8, 4) is 0 Å². The minimum Gasteiger partial charge on any atom is -0.374 e. The summed E-state index contributed by atoms with van der Waals surface area (Å²) in [7, 11) is 0. The van der Waals surface area contributed by atoms with Gasteiger partial charge in [-0.1, -0.05) is 18.3 Å². The molecule has 1 amide bonds. The average molecular weight is 280 g/mol. The van der Waals surface area contributed by atoms with Crippen LogP contribution in [0.1, 0.15) is 17.8 Å². The molecule has 2 aromatic heterocycles. The molecule has 0 atom stereocenters. The Labute approximate surface area is 114 Å². The fourth-order valence-corrected chi connectivity index (χ4v) is 2.29. The van der Waals surface area contributed by atoms with Crippen molar-refractivity contribution in [2.75, 3.05) is 12.3 Å². The normalized spacial score (nSPS) is 10.6. The van der Waals surface area contributed by atoms with Crippen molar-refractivity contribution in [3.05, 3.63) is 23.2 Å². The van der Waals surface area contributed by atoms with Gasteiger partial charge in [0.2, 0.25) is 11.0 Å². The lowest BCUT2D eigenvalue weighted by Crippen LogP contribution is -2.29. The van der Waals surface area contributed by atoms with Gasteiger partial charge in [0.25, 0.3) is 0 Å². The van der Waals surface area contributed by atoms with E-state index in [0.717, 1.165) is 17.3 Å². The van der Waals surface area contributed by atoms with E-state index < -0.39 is 0 Å². The Hall–Kier alpha value is -1.96. The number of rotatable bonds is 6. The molecule has 2 aromatic rings. The highest BCUT2D eigenvalue weighted by Crippen LogP contribution is 2.10. The third-order valence-corrected chi connectivity index (χ3v) is 3.39. The molecule has 0 radical (unpaired) electrons. The van der Waals surface area contributed by atoms with Crippen molar-refractivity contribution in [2.45, 2.75) is 26.3 Å². The van der Waals surface area contributed by atoms with E-state index in [9.17, 15) is 4.79 Å². The van der Waals surface area contributed by atoms with Crippen molar-refractivity contribution in [1.29, 1.82) is 0 Å². The first-order chi connectivity index (χ1) is 9.19. The molecule has 0 saturated heterocycles. The van der Waals surface area contributed by atoms with E-state index >= 15 is 0 Å². The molecule has 7 nitrogen and oxygen atoms in total. The molecular formula is C11H16N6OS. The average Bonchev–Trinajstić information content (AvgIpc) is 2.98. The highest BCUT2D eigenvalue weighted by Gasteiger charge is 2.07. The Morgan fingerprint density at radius 3 is 3.05 bits per heavy atom. The zero-order valence-corrected chi connectivity index (χ0v) is 11.5. The van der Waals surface area contributed by atoms with Crippen LogP contribution in [-0.2, 0) is 24.2 Å². The third kappa shape index (κ3) is 3.75. The first-order valence-electron chi connectivity index (χ1n) is 6.03. The van der Waals surface area contributed by atoms with Gasteiger partial charge in [0, 0.05) is 31.8 Å². The summed E-state index contributed by atoms with van der Waals surface area (Å²) in [5.41, 5.74) is 5.48. The Morgan fingerprint density at radius 2 is 2.37 bits per heavy atom. The van der Waals surface area contributed by atoms with Crippen molar-refractivity contribution in [3.63, 3.8) is 0 Å². The van der Waals surface area contributed by atoms with E-state index in [1.165, 1.54) is 11.3 Å². The molecular weight excluding hydrogens is 264 g/mol. The molecule has 0 fully saturated rings. The number of nitrogens with one attached hydrogen (secondary N) is 1. The Bertz CT molecular complexity index is 549. The number of hydrogen-bond acceptors (Lipinski definition) is 6. The molecule has 2 rings (SSSR count). The second-order valence-electron chi connectivity index (χ2n) is 3.96. The Morgan fingerprint density at radius 1 is 1.53 bits per heavy atom. The van der Waals surface area contributed by atoms with Crippen LogP contribution < -0.4 is 11.1 Å². The monoisotopic (exact) mass is 280 g/mol. The van der Waals surface area contributed by atoms with E-state index in [1.54, 1.807) is 6.20 Å². The van der Waals surface area contributed by atoms with Gasteiger partial charge in [-0.3, -0.25) is 4.79 Å². The van der Waals surface area contributed by atoms with Crippen molar-refractivity contribution >= 4 is 22.4 Å². The standard InChI is InChI=1S/C11H16N6OS/c1-2-8-13-5-6-17(8)7-9(18)14-4-3-10-15-16-11(12)19-10/h5-6H,2-4,7H2,1H3,(H2,12,16)(H,14,18). The van der Waals surface area contributed by atoms with Crippen LogP contribution in [0.25, 0.3) is 0 Å². The molecule has 19 heavy (non-hydrogen) atoms. The molecule has 0 spiro atoms. The summed E-state index contributed by atoms with van der Waals surface area (Å²) in [5, 5.41) is 11.7. The summed E-state index contributed by atoms with van der Waals surface area (Å²) in [6, 6.07) is 0. The van der Waals surface area contributed by atoms with Gasteiger partial charge in [-0.15, -0.1) is 10.2 Å². The Balaban J connectivity index is 1.76. The summed E-state index contributed by atoms with van der Waals surface area (Å²) < 4.78 is 1.85. The second kappa shape index (κ2) is 6.28. The summed E-state index contributed by atoms with van der Waals surface area (Å²) in [5.74, 6) is 0.872. The molecule has 3 N–H and O–H groups in total. The third-order valence-electron chi connectivity index (χ3n) is 2.58. The Kier molecular flexibility index (Phi) is 4.45. The van der Waals surface area contributed by atoms with Gasteiger partial charge in [-0.05, 0) is 0 Å². The molecule has 0 bridgehead atoms. The van der Waals surface area contributed by atoms with Crippen LogP contribution in [-0.4, -0.2) is 32.2 Å². The van der Waals surface area contributed by atoms with Crippen molar-refractivity contribution < 1.29 is 4.79 Å². The van der Waals surface area contributed by atoms with Gasteiger partial charge in [-0.25, -0.2) is 4.98 Å². The van der Waals surface area contributed by atoms with Gasteiger partial charge < -0.3 is 15.6 Å². The van der Waals surface area contributed by atoms with Crippen LogP contribution in [0.3, 0.4) is 0 Å². The lowest BCUT2D eigenvalue weighted by molar-refractivity contribution is -0.121. The smallest absolute Gasteiger partial charge is 0.239 e. The van der Waals surface area contributed by atoms with Crippen LogP contribution in [0, 0.1) is 0 Å². The largest absolute Gasteiger partial charge is 0.374 e. The number of nitrogens with two attached hydrogens (primary N) is 1. The molecule has 8 heteroatoms. The zero-order chi connectivity index (χ0) is 13.7. The van der Waals surface area contributed by atoms with Crippen molar-refractivity contribution in [1.82, 2.24) is 25.1 Å². The number of anilines is 1. The number of carbonyl (C=O) groups is 1. The van der Waals surface area contributed by atoms with Gasteiger partial charge >= 0.3 is 0 Å². The van der Waals surface area contributed by atoms with Crippen LogP contribution in [0.15, 0.2) is 12.4 Å². The first-order valence-corrected chi connectivity index (χ1v) is 6.85. The number of carbonyl (C=O) groups excluding carboxylic acids is 1. The maximum atomic E-state index is 11.8. The van der Waals surface area contributed by atoms with Crippen LogP contribution in [0.5, 0.6) is 0 Å². The summed E-state index contributed by atoms with van der Waals surface area (Å²) in [4.78, 5) is 15.9. The van der Waals surface area contributed by atoms with Gasteiger partial charge in [0.05, 0.1) is 0 Å². The minimum absolute atomic E-state index is 0.0369. The summed E-state index contributed by atoms with van der Waals surface area (Å²) >= 11 is 1.34. The highest BCUT2D eigenvalue weighted by atomic mass is 32.1. The fourth-order valence-electron chi connectivity index (χ4n) is 1.69. The number of nitrogen functional groups attached to an aromatic ring is 1. The molecule has 2 heterocycles. The maximum Gasteiger partial charge on any atom is 0.239 e. The SMILES string of the molecule is CCc1nccn1CC(=O)NCCc1nnc(N)s1. The summed E-state index contributed by atoms with van der Waals surface area (Å²) in [6.45, 7) is 2.83. The number of nitrogens with zero attached hydrogens (tertiary/aromatic N) is 4. The molecule has 0 saturated carbocycles. The molecule has 0 aromatic carbocycles. The predicted molar refractivity (Wildman–Crippen MR) is 72.6 cm³/mol. The van der Waals surface area contributed by atoms with Crippen molar-refractivity contribution in [2.24, 2.45) is 0 Å². The molecule has 0 aliphatic rings. The lowest BCUT2D eigenvalue weighted by Gasteiger charge is -2.07. The predicted octanol–water partition coefficient (Wildman–Crippen LogP) is 0.238. The molecule has 0 aliphatic carbocycles. The topological polar surface area (TPSA) is 98.7 Å². The zero-order valence-electron chi connectivity index (χ0n) is 10.7. The highest BCUT2D eigenvalue weighted by molar-refractivity contribution is 7.15. The number of hydrogen-bond donors (Lipinski definition) is 2. The van der Waals surface area contributed by atoms with Gasteiger partial charge in [0.15, 0.2) is 0 Å². The van der Waals surface area contributed by atoms with Crippen LogP contribution >= 0.6 is 11.3 Å². The number of aryl methyl sites for hydroxylation is 1. The van der Waals surface area contributed by atoms with Crippen LogP contribution in [0.4, 0.5) is 5.13 Å². The van der Waals surface area contributed by atoms with Gasteiger partial charge in [-0.2, -0.15) is 0 Å². The fraction of sp³-hybridized carbons (Fsp3) is 0.455. The second-order valence-corrected chi connectivity index (χ2v) is 5.05. The quantitative estimate of drug-likeness (QED) is 0.789. The first kappa shape index (κ1) is 13.5. The number of imidazole rings is 1. The molecule has 0 unspecified atom stereocenters. The van der Waals surface area contributed by atoms with E-state index in [0.29, 0.717) is 24.6 Å². The van der Waals surface area contributed by atoms with E-state index in [2.05, 4.69) is 20.5 Å². The number of amides is 1. The minimum atomic E-state index is -0.0369. The van der Waals surface area contributed by atoms with E-state index in [1.807, 2.05) is 17.7 Å². The number of aromatic nitrogens is 4. The van der Waals surface area contributed by atoms with Crippen LogP contribution in [0.2, 0.25) is 0 Å². The van der Waals surface area contributed by atoms with Gasteiger partial charge in [0.1, 0.15) is 17.4 Å². The molecule has 0 aliphatic heterocycles. The van der Waals surface area contributed by atoms with E-state index in [-0.39, 0.29) is 5.91 Å². The van der Waals surface area contributed by atoms with E-state index in [4.69, 9.17) is 5.73 Å². The summed E-state index contributed by atoms with van der Waals surface area (Å²) in [6.07, 6.45) is 4.97. The maximum absolute atomic E-state index is 11.8. The lowest BCUT2D eigenvalue weighted by atomic mass is 10.4. The molecule has 102 valence electrons.